The van der Waals surface area contributed by atoms with Gasteiger partial charge in [0.1, 0.15) is 12.2 Å². The highest BCUT2D eigenvalue weighted by Gasteiger charge is 2.32. The van der Waals surface area contributed by atoms with Crippen molar-refractivity contribution in [2.45, 2.75) is 6.18 Å². The molecule has 82 valence electrons. The lowest BCUT2D eigenvalue weighted by Crippen LogP contribution is -2.16. The summed E-state index contributed by atoms with van der Waals surface area (Å²) in [6.07, 6.45) is -3.66. The van der Waals surface area contributed by atoms with E-state index in [-0.39, 0.29) is 5.95 Å². The Morgan fingerprint density at radius 2 is 2.20 bits per heavy atom. The first-order chi connectivity index (χ1) is 6.89. The zero-order valence-electron chi connectivity index (χ0n) is 7.25. The lowest BCUT2D eigenvalue weighted by Gasteiger charge is -2.06. The molecule has 1 aromatic heterocycles. The second-order valence-electron chi connectivity index (χ2n) is 2.51. The third-order valence-electron chi connectivity index (χ3n) is 1.34. The number of carbonyl (C=O) groups is 1. The Morgan fingerprint density at radius 1 is 1.53 bits per heavy atom. The molecular weight excluding hydrogens is 215 g/mol. The van der Waals surface area contributed by atoms with E-state index >= 15 is 0 Å². The number of carboxylic acids is 1. The van der Waals surface area contributed by atoms with E-state index in [0.717, 1.165) is 6.20 Å². The van der Waals surface area contributed by atoms with E-state index in [1.807, 2.05) is 0 Å². The van der Waals surface area contributed by atoms with Gasteiger partial charge in [-0.2, -0.15) is 13.2 Å². The molecule has 8 heteroatoms. The summed E-state index contributed by atoms with van der Waals surface area (Å²) in [5.74, 6) is -1.58. The summed E-state index contributed by atoms with van der Waals surface area (Å²) >= 11 is 0. The van der Waals surface area contributed by atoms with Crippen LogP contribution in [0.5, 0.6) is 0 Å². The molecule has 1 aromatic rings. The SMILES string of the molecule is O=C(O)CNc1nccc(C(F)(F)F)n1. The zero-order valence-corrected chi connectivity index (χ0v) is 7.25. The smallest absolute Gasteiger partial charge is 0.433 e. The van der Waals surface area contributed by atoms with Gasteiger partial charge in [0, 0.05) is 6.20 Å². The molecular formula is C7H6F3N3O2. The van der Waals surface area contributed by atoms with Crippen molar-refractivity contribution in [1.82, 2.24) is 9.97 Å². The molecule has 0 unspecified atom stereocenters. The number of aromatic nitrogens is 2. The number of nitrogens with one attached hydrogen (secondary N) is 1. The van der Waals surface area contributed by atoms with Gasteiger partial charge in [-0.05, 0) is 6.07 Å². The van der Waals surface area contributed by atoms with Crippen LogP contribution >= 0.6 is 0 Å². The van der Waals surface area contributed by atoms with E-state index < -0.39 is 24.4 Å². The molecule has 0 spiro atoms. The minimum Gasteiger partial charge on any atom is -0.480 e. The summed E-state index contributed by atoms with van der Waals surface area (Å²) < 4.78 is 36.4. The Bertz CT molecular complexity index is 367. The summed E-state index contributed by atoms with van der Waals surface area (Å²) in [5.41, 5.74) is -1.12. The maximum absolute atomic E-state index is 12.1. The van der Waals surface area contributed by atoms with Crippen LogP contribution in [-0.4, -0.2) is 27.6 Å². The van der Waals surface area contributed by atoms with Crippen molar-refractivity contribution in [3.05, 3.63) is 18.0 Å². The molecule has 0 radical (unpaired) electrons. The second kappa shape index (κ2) is 4.11. The molecule has 15 heavy (non-hydrogen) atoms. The zero-order chi connectivity index (χ0) is 11.5. The highest BCUT2D eigenvalue weighted by atomic mass is 19.4. The average molecular weight is 221 g/mol. The summed E-state index contributed by atoms with van der Waals surface area (Å²) in [5, 5.41) is 10.4. The summed E-state index contributed by atoms with van der Waals surface area (Å²) in [6, 6.07) is 0.700. The predicted octanol–water partition coefficient (Wildman–Crippen LogP) is 0.992. The molecule has 1 rings (SSSR count). The van der Waals surface area contributed by atoms with Gasteiger partial charge < -0.3 is 10.4 Å². The van der Waals surface area contributed by atoms with E-state index in [1.54, 1.807) is 0 Å². The van der Waals surface area contributed by atoms with Crippen LogP contribution < -0.4 is 5.32 Å². The van der Waals surface area contributed by atoms with Crippen LogP contribution in [0.4, 0.5) is 19.1 Å². The quantitative estimate of drug-likeness (QED) is 0.796. The molecule has 2 N–H and O–H groups in total. The van der Waals surface area contributed by atoms with Gasteiger partial charge in [-0.25, -0.2) is 9.97 Å². The number of hydrogen-bond donors (Lipinski definition) is 2. The average Bonchev–Trinajstić information content (AvgIpc) is 2.14. The Labute approximate surface area is 82.0 Å². The fraction of sp³-hybridized carbons (Fsp3) is 0.286. The fourth-order valence-electron chi connectivity index (χ4n) is 0.756. The van der Waals surface area contributed by atoms with Gasteiger partial charge in [0.25, 0.3) is 0 Å². The molecule has 0 atom stereocenters. The molecule has 0 aliphatic heterocycles. The fourth-order valence-corrected chi connectivity index (χ4v) is 0.756. The normalized spacial score (nSPS) is 11.1. The molecule has 0 aliphatic carbocycles. The number of alkyl halides is 3. The van der Waals surface area contributed by atoms with Crippen molar-refractivity contribution in [1.29, 1.82) is 0 Å². The van der Waals surface area contributed by atoms with Gasteiger partial charge in [0.15, 0.2) is 0 Å². The molecule has 1 heterocycles. The second-order valence-corrected chi connectivity index (χ2v) is 2.51. The van der Waals surface area contributed by atoms with Gasteiger partial charge in [0.2, 0.25) is 5.95 Å². The van der Waals surface area contributed by atoms with Crippen LogP contribution in [0.1, 0.15) is 5.69 Å². The van der Waals surface area contributed by atoms with Crippen LogP contribution in [0.15, 0.2) is 12.3 Å². The minimum absolute atomic E-state index is 0.368. The third kappa shape index (κ3) is 3.41. The molecule has 0 amide bonds. The van der Waals surface area contributed by atoms with Crippen molar-refractivity contribution in [3.63, 3.8) is 0 Å². The number of aliphatic carboxylic acids is 1. The minimum atomic E-state index is -4.57. The maximum Gasteiger partial charge on any atom is 0.433 e. The van der Waals surface area contributed by atoms with Gasteiger partial charge >= 0.3 is 12.1 Å². The first-order valence-corrected chi connectivity index (χ1v) is 3.75. The van der Waals surface area contributed by atoms with Crippen LogP contribution in [0.3, 0.4) is 0 Å². The summed E-state index contributed by atoms with van der Waals surface area (Å²) in [4.78, 5) is 16.7. The van der Waals surface area contributed by atoms with Crippen LogP contribution in [0.2, 0.25) is 0 Å². The molecule has 0 saturated heterocycles. The maximum atomic E-state index is 12.1. The first kappa shape index (κ1) is 11.2. The standard InChI is InChI=1S/C7H6F3N3O2/c8-7(9,10)4-1-2-11-6(13-4)12-3-5(14)15/h1-2H,3H2,(H,14,15)(H,11,12,13). The van der Waals surface area contributed by atoms with Gasteiger partial charge in [-0.3, -0.25) is 4.79 Å². The van der Waals surface area contributed by atoms with Crippen molar-refractivity contribution in [2.75, 3.05) is 11.9 Å². The van der Waals surface area contributed by atoms with Crippen LogP contribution in [0, 0.1) is 0 Å². The molecule has 0 aliphatic rings. The van der Waals surface area contributed by atoms with E-state index in [0.29, 0.717) is 6.07 Å². The molecule has 0 bridgehead atoms. The number of rotatable bonds is 3. The van der Waals surface area contributed by atoms with E-state index in [1.165, 1.54) is 0 Å². The molecule has 0 saturated carbocycles. The van der Waals surface area contributed by atoms with Crippen molar-refractivity contribution < 1.29 is 23.1 Å². The van der Waals surface area contributed by atoms with Gasteiger partial charge in [-0.15, -0.1) is 0 Å². The van der Waals surface area contributed by atoms with Crippen molar-refractivity contribution in [3.8, 4) is 0 Å². The number of hydrogen-bond acceptors (Lipinski definition) is 4. The first-order valence-electron chi connectivity index (χ1n) is 3.75. The highest BCUT2D eigenvalue weighted by molar-refractivity contribution is 5.71. The summed E-state index contributed by atoms with van der Waals surface area (Å²) in [6.45, 7) is -0.540. The van der Waals surface area contributed by atoms with Crippen molar-refractivity contribution in [2.24, 2.45) is 0 Å². The van der Waals surface area contributed by atoms with Crippen molar-refractivity contribution >= 4 is 11.9 Å². The van der Waals surface area contributed by atoms with Gasteiger partial charge in [0.05, 0.1) is 0 Å². The molecule has 5 nitrogen and oxygen atoms in total. The lowest BCUT2D eigenvalue weighted by atomic mass is 10.4. The van der Waals surface area contributed by atoms with Crippen LogP contribution in [0.25, 0.3) is 0 Å². The van der Waals surface area contributed by atoms with E-state index in [4.69, 9.17) is 5.11 Å². The monoisotopic (exact) mass is 221 g/mol. The topological polar surface area (TPSA) is 75.1 Å². The highest BCUT2D eigenvalue weighted by Crippen LogP contribution is 2.27. The van der Waals surface area contributed by atoms with Gasteiger partial charge in [-0.1, -0.05) is 0 Å². The van der Waals surface area contributed by atoms with E-state index in [9.17, 15) is 18.0 Å². The molecule has 0 fully saturated rings. The molecule has 0 aromatic carbocycles. The Morgan fingerprint density at radius 3 is 2.73 bits per heavy atom. The van der Waals surface area contributed by atoms with E-state index in [2.05, 4.69) is 15.3 Å². The Kier molecular flexibility index (Phi) is 3.08. The Balaban J connectivity index is 2.79. The number of anilines is 1. The Hall–Kier alpha value is -1.86. The number of carboxylic acid groups (broad SMARTS) is 1. The summed E-state index contributed by atoms with van der Waals surface area (Å²) in [7, 11) is 0. The number of halogens is 3. The predicted molar refractivity (Wildman–Crippen MR) is 43.2 cm³/mol. The third-order valence-corrected chi connectivity index (χ3v) is 1.34. The largest absolute Gasteiger partial charge is 0.480 e. The van der Waals surface area contributed by atoms with Crippen LogP contribution in [-0.2, 0) is 11.0 Å². The number of nitrogens with zero attached hydrogens (tertiary/aromatic N) is 2. The lowest BCUT2D eigenvalue weighted by molar-refractivity contribution is -0.141.